The molecule has 4 rings (SSSR count). The summed E-state index contributed by atoms with van der Waals surface area (Å²) in [6.07, 6.45) is 1.59. The zero-order chi connectivity index (χ0) is 21.6. The monoisotopic (exact) mass is 414 g/mol. The first-order valence-corrected chi connectivity index (χ1v) is 9.87. The maximum absolute atomic E-state index is 12.6. The number of hydrogen-bond acceptors (Lipinski definition) is 4. The zero-order valence-corrected chi connectivity index (χ0v) is 17.0. The number of aromatic amines is 1. The summed E-state index contributed by atoms with van der Waals surface area (Å²) in [5, 5.41) is 3.72. The van der Waals surface area contributed by atoms with Gasteiger partial charge in [0.05, 0.1) is 18.7 Å². The fraction of sp³-hybridized carbons (Fsp3) is 0.120. The Hall–Kier alpha value is -4.06. The van der Waals surface area contributed by atoms with Crippen molar-refractivity contribution in [3.63, 3.8) is 0 Å². The van der Waals surface area contributed by atoms with Gasteiger partial charge < -0.3 is 19.8 Å². The van der Waals surface area contributed by atoms with Gasteiger partial charge in [-0.05, 0) is 29.3 Å². The van der Waals surface area contributed by atoms with Crippen LogP contribution in [0.25, 0.3) is 10.9 Å². The standard InChI is InChI=1S/C25H22N2O4/c1-30-19-13-11-18(12-14-19)24(17-7-3-2-4-8-17)27-23(28)16-31-25(29)21-15-26-22-10-6-5-9-20(21)22/h2-15,24,26H,16H2,1H3,(H,27,28)/t24-/m1/s1. The number of ether oxygens (including phenoxy) is 2. The molecular weight excluding hydrogens is 392 g/mol. The number of para-hydroxylation sites is 1. The fourth-order valence-corrected chi connectivity index (χ4v) is 3.45. The van der Waals surface area contributed by atoms with Crippen molar-refractivity contribution in [1.29, 1.82) is 0 Å². The van der Waals surface area contributed by atoms with Crippen LogP contribution in [0.1, 0.15) is 27.5 Å². The van der Waals surface area contributed by atoms with E-state index in [1.165, 1.54) is 0 Å². The molecule has 0 aliphatic heterocycles. The van der Waals surface area contributed by atoms with Gasteiger partial charge in [-0.2, -0.15) is 0 Å². The van der Waals surface area contributed by atoms with E-state index in [1.54, 1.807) is 13.3 Å². The van der Waals surface area contributed by atoms with Gasteiger partial charge in [-0.15, -0.1) is 0 Å². The van der Waals surface area contributed by atoms with E-state index in [1.807, 2.05) is 78.9 Å². The highest BCUT2D eigenvalue weighted by molar-refractivity contribution is 6.04. The Labute approximate surface area is 179 Å². The third-order valence-electron chi connectivity index (χ3n) is 5.03. The third-order valence-corrected chi connectivity index (χ3v) is 5.03. The lowest BCUT2D eigenvalue weighted by atomic mass is 9.98. The van der Waals surface area contributed by atoms with Crippen molar-refractivity contribution in [2.45, 2.75) is 6.04 Å². The molecule has 1 amide bonds. The molecular formula is C25H22N2O4. The molecule has 3 aromatic carbocycles. The average Bonchev–Trinajstić information content (AvgIpc) is 3.26. The van der Waals surface area contributed by atoms with Crippen molar-refractivity contribution < 1.29 is 19.1 Å². The SMILES string of the molecule is COc1ccc([C@H](NC(=O)COC(=O)c2c[nH]c3ccccc23)c2ccccc2)cc1. The molecule has 31 heavy (non-hydrogen) atoms. The lowest BCUT2D eigenvalue weighted by molar-refractivity contribution is -0.124. The maximum Gasteiger partial charge on any atom is 0.340 e. The molecule has 0 aliphatic carbocycles. The van der Waals surface area contributed by atoms with Gasteiger partial charge in [0.1, 0.15) is 5.75 Å². The molecule has 0 saturated heterocycles. The first-order chi connectivity index (χ1) is 15.2. The molecule has 1 atom stereocenters. The molecule has 2 N–H and O–H groups in total. The summed E-state index contributed by atoms with van der Waals surface area (Å²) >= 11 is 0. The molecule has 0 radical (unpaired) electrons. The summed E-state index contributed by atoms with van der Waals surface area (Å²) in [6, 6.07) is 24.1. The minimum atomic E-state index is -0.548. The Morgan fingerprint density at radius 1 is 0.903 bits per heavy atom. The number of carbonyl (C=O) groups excluding carboxylic acids is 2. The van der Waals surface area contributed by atoms with Gasteiger partial charge in [-0.1, -0.05) is 60.7 Å². The van der Waals surface area contributed by atoms with Crippen LogP contribution in [-0.4, -0.2) is 30.6 Å². The smallest absolute Gasteiger partial charge is 0.340 e. The van der Waals surface area contributed by atoms with Crippen LogP contribution < -0.4 is 10.1 Å². The maximum atomic E-state index is 12.6. The quantitative estimate of drug-likeness (QED) is 0.443. The second kappa shape index (κ2) is 9.17. The number of aromatic nitrogens is 1. The normalized spacial score (nSPS) is 11.6. The minimum Gasteiger partial charge on any atom is -0.497 e. The van der Waals surface area contributed by atoms with Gasteiger partial charge in [0.2, 0.25) is 0 Å². The predicted octanol–water partition coefficient (Wildman–Crippen LogP) is 4.24. The Morgan fingerprint density at radius 2 is 1.58 bits per heavy atom. The zero-order valence-electron chi connectivity index (χ0n) is 17.0. The first-order valence-electron chi connectivity index (χ1n) is 9.87. The predicted molar refractivity (Wildman–Crippen MR) is 118 cm³/mol. The van der Waals surface area contributed by atoms with Crippen molar-refractivity contribution in [3.05, 3.63) is 102 Å². The number of hydrogen-bond donors (Lipinski definition) is 2. The van der Waals surface area contributed by atoms with Crippen LogP contribution >= 0.6 is 0 Å². The second-order valence-electron chi connectivity index (χ2n) is 7.01. The number of benzene rings is 3. The highest BCUT2D eigenvalue weighted by Gasteiger charge is 2.19. The van der Waals surface area contributed by atoms with Crippen molar-refractivity contribution in [3.8, 4) is 5.75 Å². The minimum absolute atomic E-state index is 0.377. The van der Waals surface area contributed by atoms with Gasteiger partial charge in [-0.3, -0.25) is 4.79 Å². The van der Waals surface area contributed by atoms with E-state index in [4.69, 9.17) is 9.47 Å². The number of amides is 1. The highest BCUT2D eigenvalue weighted by atomic mass is 16.5. The van der Waals surface area contributed by atoms with Crippen LogP contribution in [0.5, 0.6) is 5.75 Å². The molecule has 0 saturated carbocycles. The van der Waals surface area contributed by atoms with Crippen LogP contribution in [0.2, 0.25) is 0 Å². The highest BCUT2D eigenvalue weighted by Crippen LogP contribution is 2.24. The van der Waals surface area contributed by atoms with E-state index in [0.717, 1.165) is 27.8 Å². The molecule has 6 heteroatoms. The molecule has 4 aromatic rings. The number of rotatable bonds is 7. The molecule has 6 nitrogen and oxygen atoms in total. The molecule has 1 heterocycles. The van der Waals surface area contributed by atoms with Crippen molar-refractivity contribution in [1.82, 2.24) is 10.3 Å². The van der Waals surface area contributed by atoms with Gasteiger partial charge in [0, 0.05) is 17.1 Å². The molecule has 0 spiro atoms. The van der Waals surface area contributed by atoms with E-state index in [0.29, 0.717) is 5.56 Å². The van der Waals surface area contributed by atoms with Crippen LogP contribution in [0.4, 0.5) is 0 Å². The molecule has 0 fully saturated rings. The molecule has 156 valence electrons. The van der Waals surface area contributed by atoms with E-state index >= 15 is 0 Å². The summed E-state index contributed by atoms with van der Waals surface area (Å²) in [5.41, 5.74) is 3.05. The van der Waals surface area contributed by atoms with Crippen molar-refractivity contribution in [2.24, 2.45) is 0 Å². The van der Waals surface area contributed by atoms with Crippen LogP contribution in [0, 0.1) is 0 Å². The van der Waals surface area contributed by atoms with Crippen LogP contribution in [0.15, 0.2) is 85.1 Å². The van der Waals surface area contributed by atoms with Crippen LogP contribution in [0.3, 0.4) is 0 Å². The Morgan fingerprint density at radius 3 is 2.32 bits per heavy atom. The summed E-state index contributed by atoms with van der Waals surface area (Å²) in [7, 11) is 1.60. The largest absolute Gasteiger partial charge is 0.497 e. The second-order valence-corrected chi connectivity index (χ2v) is 7.01. The Bertz CT molecular complexity index is 1180. The Kier molecular flexibility index (Phi) is 5.98. The molecule has 0 bridgehead atoms. The number of nitrogens with one attached hydrogen (secondary N) is 2. The number of fused-ring (bicyclic) bond motifs is 1. The van der Waals surface area contributed by atoms with E-state index < -0.39 is 11.9 Å². The average molecular weight is 414 g/mol. The third kappa shape index (κ3) is 4.59. The van der Waals surface area contributed by atoms with Crippen LogP contribution in [-0.2, 0) is 9.53 Å². The number of H-pyrrole nitrogens is 1. The van der Waals surface area contributed by atoms with Gasteiger partial charge in [0.15, 0.2) is 6.61 Å². The van der Waals surface area contributed by atoms with Gasteiger partial charge in [-0.25, -0.2) is 4.79 Å². The van der Waals surface area contributed by atoms with Crippen molar-refractivity contribution in [2.75, 3.05) is 13.7 Å². The topological polar surface area (TPSA) is 80.4 Å². The first kappa shape index (κ1) is 20.2. The van der Waals surface area contributed by atoms with E-state index in [2.05, 4.69) is 10.3 Å². The van der Waals surface area contributed by atoms with Crippen molar-refractivity contribution >= 4 is 22.8 Å². The summed E-state index contributed by atoms with van der Waals surface area (Å²) < 4.78 is 10.5. The molecule has 0 unspecified atom stereocenters. The summed E-state index contributed by atoms with van der Waals surface area (Å²) in [5.74, 6) is -0.208. The molecule has 0 aliphatic rings. The summed E-state index contributed by atoms with van der Waals surface area (Å²) in [6.45, 7) is -0.377. The Balaban J connectivity index is 1.46. The lowest BCUT2D eigenvalue weighted by Gasteiger charge is -2.20. The number of esters is 1. The van der Waals surface area contributed by atoms with E-state index in [9.17, 15) is 9.59 Å². The lowest BCUT2D eigenvalue weighted by Crippen LogP contribution is -2.33. The van der Waals surface area contributed by atoms with Gasteiger partial charge in [0.25, 0.3) is 5.91 Å². The van der Waals surface area contributed by atoms with E-state index in [-0.39, 0.29) is 12.6 Å². The fourth-order valence-electron chi connectivity index (χ4n) is 3.45. The number of methoxy groups -OCH3 is 1. The summed E-state index contributed by atoms with van der Waals surface area (Å²) in [4.78, 5) is 28.2. The number of carbonyl (C=O) groups is 2. The molecule has 1 aromatic heterocycles. The van der Waals surface area contributed by atoms with Gasteiger partial charge >= 0.3 is 5.97 Å².